The van der Waals surface area contributed by atoms with Crippen LogP contribution in [0.3, 0.4) is 0 Å². The van der Waals surface area contributed by atoms with Crippen molar-refractivity contribution >= 4 is 23.4 Å². The number of halogens is 1. The lowest BCUT2D eigenvalue weighted by atomic mass is 9.76. The maximum absolute atomic E-state index is 14.4. The molecule has 0 bridgehead atoms. The quantitative estimate of drug-likeness (QED) is 0.402. The molecule has 2 aromatic carbocycles. The van der Waals surface area contributed by atoms with Crippen molar-refractivity contribution in [3.05, 3.63) is 75.6 Å². The smallest absolute Gasteiger partial charge is 0.272 e. The van der Waals surface area contributed by atoms with Crippen LogP contribution in [0, 0.1) is 33.7 Å². The average molecular weight is 439 g/mol. The summed E-state index contributed by atoms with van der Waals surface area (Å²) in [6, 6.07) is 10.8. The molecule has 4 rings (SSSR count). The number of nitro benzene ring substituents is 1. The minimum atomic E-state index is -0.787. The van der Waals surface area contributed by atoms with Crippen LogP contribution in [0.15, 0.2) is 48.5 Å². The molecule has 2 aromatic rings. The first-order valence-corrected chi connectivity index (χ1v) is 10.5. The molecule has 166 valence electrons. The highest BCUT2D eigenvalue weighted by molar-refractivity contribution is 6.07. The topological polar surface area (TPSA) is 101 Å². The Balaban J connectivity index is 1.74. The predicted octanol–water partition coefficient (Wildman–Crippen LogP) is 3.71. The predicted molar refractivity (Wildman–Crippen MR) is 111 cm³/mol. The van der Waals surface area contributed by atoms with E-state index in [4.69, 9.17) is 0 Å². The van der Waals surface area contributed by atoms with Gasteiger partial charge in [0, 0.05) is 23.3 Å². The molecule has 0 radical (unpaired) electrons. The lowest BCUT2D eigenvalue weighted by Gasteiger charge is -2.30. The van der Waals surface area contributed by atoms with E-state index in [1.165, 1.54) is 36.4 Å². The summed E-state index contributed by atoms with van der Waals surface area (Å²) in [7, 11) is 0. The Morgan fingerprint density at radius 1 is 1.12 bits per heavy atom. The molecule has 9 heteroatoms. The molecular weight excluding hydrogens is 417 g/mol. The van der Waals surface area contributed by atoms with Crippen molar-refractivity contribution in [1.29, 1.82) is 0 Å². The molecule has 1 saturated carbocycles. The summed E-state index contributed by atoms with van der Waals surface area (Å²) >= 11 is 0. The van der Waals surface area contributed by atoms with Gasteiger partial charge in [-0.3, -0.25) is 24.5 Å². The first kappa shape index (κ1) is 21.6. The fourth-order valence-electron chi connectivity index (χ4n) is 4.53. The van der Waals surface area contributed by atoms with Crippen LogP contribution in [0.4, 0.5) is 10.1 Å². The lowest BCUT2D eigenvalue weighted by Crippen LogP contribution is -2.50. The van der Waals surface area contributed by atoms with Crippen molar-refractivity contribution in [2.75, 3.05) is 0 Å². The second-order valence-electron chi connectivity index (χ2n) is 8.38. The van der Waals surface area contributed by atoms with E-state index in [9.17, 15) is 28.9 Å². The molecule has 2 fully saturated rings. The van der Waals surface area contributed by atoms with Crippen LogP contribution in [0.2, 0.25) is 0 Å². The minimum absolute atomic E-state index is 0.0700. The number of hydrazine groups is 1. The molecule has 1 heterocycles. The second kappa shape index (κ2) is 8.49. The number of rotatable bonds is 5. The van der Waals surface area contributed by atoms with Crippen molar-refractivity contribution < 1.29 is 23.7 Å². The third-order valence-corrected chi connectivity index (χ3v) is 6.22. The number of amides is 3. The Morgan fingerprint density at radius 3 is 2.56 bits per heavy atom. The Labute approximate surface area is 183 Å². The van der Waals surface area contributed by atoms with Gasteiger partial charge >= 0.3 is 0 Å². The van der Waals surface area contributed by atoms with Crippen molar-refractivity contribution in [3.63, 3.8) is 0 Å². The number of carbonyl (C=O) groups excluding carboxylic acids is 3. The molecule has 3 atom stereocenters. The number of hydrogen-bond acceptors (Lipinski definition) is 5. The highest BCUT2D eigenvalue weighted by Gasteiger charge is 2.52. The largest absolute Gasteiger partial charge is 0.273 e. The fourth-order valence-corrected chi connectivity index (χ4v) is 4.53. The van der Waals surface area contributed by atoms with Crippen molar-refractivity contribution in [1.82, 2.24) is 10.0 Å². The van der Waals surface area contributed by atoms with Crippen LogP contribution in [0.25, 0.3) is 0 Å². The van der Waals surface area contributed by atoms with E-state index in [0.29, 0.717) is 12.8 Å². The van der Waals surface area contributed by atoms with Crippen LogP contribution in [0.1, 0.15) is 42.1 Å². The molecule has 32 heavy (non-hydrogen) atoms. The zero-order valence-electron chi connectivity index (χ0n) is 17.4. The number of nitrogens with zero attached hydrogens (tertiary/aromatic N) is 3. The number of nitro groups is 1. The van der Waals surface area contributed by atoms with Crippen LogP contribution in [0.5, 0.6) is 0 Å². The molecule has 1 aliphatic carbocycles. The van der Waals surface area contributed by atoms with Crippen molar-refractivity contribution in [2.24, 2.45) is 17.8 Å². The minimum Gasteiger partial charge on any atom is -0.272 e. The van der Waals surface area contributed by atoms with E-state index in [-0.39, 0.29) is 29.3 Å². The SMILES string of the molecule is C[C@@H]1CC[C@H]2C(=O)N(N(Cc3ccccc3F)C(=O)c3cccc([N+](=O)[O-])c3)C(=O)[C@H]2C1. The maximum atomic E-state index is 14.4. The normalized spacial score (nSPS) is 22.6. The standard InChI is InChI=1S/C23H22FN3O5/c1-14-9-10-18-19(11-14)23(30)26(22(18)29)25(13-16-5-2-3-8-20(16)24)21(28)15-6-4-7-17(12-15)27(31)32/h2-8,12,14,18-19H,9-11,13H2,1H3/t14-,18-,19+/m1/s1. The number of benzene rings is 2. The van der Waals surface area contributed by atoms with E-state index in [2.05, 4.69) is 0 Å². The maximum Gasteiger partial charge on any atom is 0.273 e. The zero-order chi connectivity index (χ0) is 23.0. The van der Waals surface area contributed by atoms with Crippen molar-refractivity contribution in [3.8, 4) is 0 Å². The Morgan fingerprint density at radius 2 is 1.84 bits per heavy atom. The number of hydrogen-bond donors (Lipinski definition) is 0. The first-order chi connectivity index (χ1) is 15.3. The summed E-state index contributed by atoms with van der Waals surface area (Å²) in [6.07, 6.45) is 1.90. The molecule has 1 saturated heterocycles. The number of imide groups is 1. The van der Waals surface area contributed by atoms with Gasteiger partial charge < -0.3 is 0 Å². The van der Waals surface area contributed by atoms with E-state index < -0.39 is 40.3 Å². The number of carbonyl (C=O) groups is 3. The third kappa shape index (κ3) is 3.86. The van der Waals surface area contributed by atoms with Gasteiger partial charge in [-0.15, -0.1) is 0 Å². The van der Waals surface area contributed by atoms with Gasteiger partial charge in [-0.1, -0.05) is 31.2 Å². The molecule has 0 aromatic heterocycles. The van der Waals surface area contributed by atoms with Crippen LogP contribution in [-0.2, 0) is 16.1 Å². The number of fused-ring (bicyclic) bond motifs is 1. The summed E-state index contributed by atoms with van der Waals surface area (Å²) in [5.74, 6) is -3.10. The third-order valence-electron chi connectivity index (χ3n) is 6.22. The highest BCUT2D eigenvalue weighted by Crippen LogP contribution is 2.41. The fraction of sp³-hybridized carbons (Fsp3) is 0.348. The molecule has 0 unspecified atom stereocenters. The Kier molecular flexibility index (Phi) is 5.73. The van der Waals surface area contributed by atoms with Crippen LogP contribution >= 0.6 is 0 Å². The van der Waals surface area contributed by atoms with Crippen LogP contribution in [-0.4, -0.2) is 32.7 Å². The van der Waals surface area contributed by atoms with E-state index >= 15 is 0 Å². The molecule has 8 nitrogen and oxygen atoms in total. The summed E-state index contributed by atoms with van der Waals surface area (Å²) in [5, 5.41) is 12.9. The molecule has 0 N–H and O–H groups in total. The molecule has 2 aliphatic rings. The van der Waals surface area contributed by atoms with E-state index in [1.54, 1.807) is 6.07 Å². The van der Waals surface area contributed by atoms with Gasteiger partial charge in [-0.2, -0.15) is 5.01 Å². The second-order valence-corrected chi connectivity index (χ2v) is 8.38. The Hall–Kier alpha value is -3.62. The van der Waals surface area contributed by atoms with E-state index in [1.807, 2.05) is 6.92 Å². The van der Waals surface area contributed by atoms with Gasteiger partial charge in [0.15, 0.2) is 0 Å². The monoisotopic (exact) mass is 439 g/mol. The summed E-state index contributed by atoms with van der Waals surface area (Å²) in [5.41, 5.74) is -0.252. The molecular formula is C23H22FN3O5. The average Bonchev–Trinajstić information content (AvgIpc) is 3.02. The van der Waals surface area contributed by atoms with E-state index in [0.717, 1.165) is 22.5 Å². The van der Waals surface area contributed by atoms with Gasteiger partial charge in [-0.25, -0.2) is 9.40 Å². The summed E-state index contributed by atoms with van der Waals surface area (Å²) in [4.78, 5) is 50.4. The molecule has 0 spiro atoms. The van der Waals surface area contributed by atoms with Crippen molar-refractivity contribution in [2.45, 2.75) is 32.7 Å². The van der Waals surface area contributed by atoms with Gasteiger partial charge in [0.2, 0.25) is 0 Å². The van der Waals surface area contributed by atoms with Gasteiger partial charge in [-0.05, 0) is 37.3 Å². The Bertz CT molecular complexity index is 1100. The van der Waals surface area contributed by atoms with Gasteiger partial charge in [0.1, 0.15) is 5.82 Å². The van der Waals surface area contributed by atoms with Crippen LogP contribution < -0.4 is 0 Å². The summed E-state index contributed by atoms with van der Waals surface area (Å²) in [6.45, 7) is 1.66. The van der Waals surface area contributed by atoms with Gasteiger partial charge in [0.25, 0.3) is 23.4 Å². The zero-order valence-corrected chi connectivity index (χ0v) is 17.4. The highest BCUT2D eigenvalue weighted by atomic mass is 19.1. The molecule has 1 aliphatic heterocycles. The van der Waals surface area contributed by atoms with Gasteiger partial charge in [0.05, 0.1) is 23.3 Å². The summed E-state index contributed by atoms with van der Waals surface area (Å²) < 4.78 is 14.4. The number of non-ortho nitro benzene ring substituents is 1. The molecule has 3 amide bonds. The first-order valence-electron chi connectivity index (χ1n) is 10.5. The lowest BCUT2D eigenvalue weighted by molar-refractivity contribution is -0.384.